The Bertz CT molecular complexity index is 1870. The van der Waals surface area contributed by atoms with Crippen molar-refractivity contribution < 1.29 is 49.0 Å². The van der Waals surface area contributed by atoms with E-state index in [1.54, 1.807) is 12.4 Å². The number of benzene rings is 4. The van der Waals surface area contributed by atoms with E-state index in [0.717, 1.165) is 67.6 Å². The summed E-state index contributed by atoms with van der Waals surface area (Å²) in [7, 11) is 0. The van der Waals surface area contributed by atoms with Gasteiger partial charge < -0.3 is 9.47 Å². The number of unbranched alkanes of at least 4 members (excludes halogenated alkanes) is 2. The van der Waals surface area contributed by atoms with Gasteiger partial charge in [0.15, 0.2) is 17.5 Å². The molecule has 0 aliphatic heterocycles. The standard InChI is InChI=1S/C35H25F9N2O2/c1-2-3-4-5-20-18-45-33(46-19-20)21-6-9-24(10-7-21)34(40,41)47-25-11-13-26(29(37)17-25)22-8-12-27(28(36)14-22)23-15-30(38)32(31(39)16-23)48-35(42,43)44/h6-19H,2-5H2,1H3. The first-order valence-corrected chi connectivity index (χ1v) is 14.6. The molecule has 1 heterocycles. The predicted octanol–water partition coefficient (Wildman–Crippen LogP) is 10.8. The van der Waals surface area contributed by atoms with Crippen LogP contribution in [-0.2, 0) is 12.5 Å². The molecule has 0 bridgehead atoms. The summed E-state index contributed by atoms with van der Waals surface area (Å²) in [6, 6.07) is 11.8. The number of aromatic nitrogens is 2. The highest BCUT2D eigenvalue weighted by atomic mass is 19.4. The van der Waals surface area contributed by atoms with E-state index in [4.69, 9.17) is 4.74 Å². The quantitative estimate of drug-likeness (QED) is 0.103. The molecule has 0 aliphatic carbocycles. The minimum Gasteiger partial charge on any atom is -0.429 e. The summed E-state index contributed by atoms with van der Waals surface area (Å²) in [5, 5.41) is 0. The van der Waals surface area contributed by atoms with Crippen LogP contribution in [0.5, 0.6) is 11.5 Å². The topological polar surface area (TPSA) is 44.2 Å². The van der Waals surface area contributed by atoms with Crippen molar-refractivity contribution in [2.75, 3.05) is 0 Å². The van der Waals surface area contributed by atoms with E-state index in [-0.39, 0.29) is 11.1 Å². The minimum absolute atomic E-state index is 0.0724. The third kappa shape index (κ3) is 8.07. The molecule has 48 heavy (non-hydrogen) atoms. The third-order valence-electron chi connectivity index (χ3n) is 7.25. The summed E-state index contributed by atoms with van der Waals surface area (Å²) >= 11 is 0. The SMILES string of the molecule is CCCCCc1cnc(-c2ccc(C(F)(F)Oc3ccc(-c4ccc(-c5cc(F)c(OC(F)(F)F)c(F)c5)c(F)c4)c(F)c3)cc2)nc1. The lowest BCUT2D eigenvalue weighted by atomic mass is 9.99. The van der Waals surface area contributed by atoms with E-state index in [0.29, 0.717) is 29.6 Å². The fourth-order valence-electron chi connectivity index (χ4n) is 4.87. The van der Waals surface area contributed by atoms with Crippen LogP contribution in [0.15, 0.2) is 85.2 Å². The van der Waals surface area contributed by atoms with Crippen LogP contribution in [0.25, 0.3) is 33.6 Å². The summed E-state index contributed by atoms with van der Waals surface area (Å²) in [4.78, 5) is 8.63. The van der Waals surface area contributed by atoms with Gasteiger partial charge in [-0.05, 0) is 72.0 Å². The summed E-state index contributed by atoms with van der Waals surface area (Å²) in [6.07, 6.45) is -1.79. The van der Waals surface area contributed by atoms with Gasteiger partial charge in [0.05, 0.1) is 5.56 Å². The van der Waals surface area contributed by atoms with Crippen molar-refractivity contribution >= 4 is 0 Å². The summed E-state index contributed by atoms with van der Waals surface area (Å²) < 4.78 is 134. The number of ether oxygens (including phenoxy) is 2. The Balaban J connectivity index is 1.29. The van der Waals surface area contributed by atoms with Gasteiger partial charge in [0.1, 0.15) is 17.4 Å². The van der Waals surface area contributed by atoms with Gasteiger partial charge in [-0.3, -0.25) is 0 Å². The minimum atomic E-state index is -5.36. The maximum atomic E-state index is 15.0. The van der Waals surface area contributed by atoms with Crippen LogP contribution in [0.2, 0.25) is 0 Å². The van der Waals surface area contributed by atoms with Crippen molar-refractivity contribution in [2.24, 2.45) is 0 Å². The summed E-state index contributed by atoms with van der Waals surface area (Å²) in [5.74, 6) is -7.47. The normalized spacial score (nSPS) is 11.9. The molecule has 4 aromatic carbocycles. The summed E-state index contributed by atoms with van der Waals surface area (Å²) in [5.41, 5.74) is -0.190. The predicted molar refractivity (Wildman–Crippen MR) is 159 cm³/mol. The highest BCUT2D eigenvalue weighted by Crippen LogP contribution is 2.37. The van der Waals surface area contributed by atoms with Crippen LogP contribution in [0.3, 0.4) is 0 Å². The molecule has 5 rings (SSSR count). The van der Waals surface area contributed by atoms with Gasteiger partial charge in [-0.25, -0.2) is 27.5 Å². The first kappa shape index (κ1) is 34.3. The van der Waals surface area contributed by atoms with E-state index in [9.17, 15) is 26.3 Å². The van der Waals surface area contributed by atoms with Crippen molar-refractivity contribution in [1.82, 2.24) is 9.97 Å². The van der Waals surface area contributed by atoms with E-state index in [1.807, 2.05) is 0 Å². The summed E-state index contributed by atoms with van der Waals surface area (Å²) in [6.45, 7) is 2.11. The van der Waals surface area contributed by atoms with E-state index in [1.165, 1.54) is 18.2 Å². The number of halogens is 9. The van der Waals surface area contributed by atoms with E-state index >= 15 is 13.2 Å². The number of nitrogens with zero attached hydrogens (tertiary/aromatic N) is 2. The van der Waals surface area contributed by atoms with Gasteiger partial charge in [0, 0.05) is 35.2 Å². The number of hydrogen-bond acceptors (Lipinski definition) is 4. The van der Waals surface area contributed by atoms with Gasteiger partial charge in [-0.15, -0.1) is 13.2 Å². The molecule has 0 unspecified atom stereocenters. The van der Waals surface area contributed by atoms with E-state index in [2.05, 4.69) is 21.6 Å². The number of alkyl halides is 5. The van der Waals surface area contributed by atoms with Crippen molar-refractivity contribution in [3.05, 3.63) is 120 Å². The molecule has 0 amide bonds. The monoisotopic (exact) mass is 676 g/mol. The molecule has 0 aliphatic rings. The highest BCUT2D eigenvalue weighted by molar-refractivity contribution is 5.72. The first-order valence-electron chi connectivity index (χ1n) is 14.6. The molecule has 0 N–H and O–H groups in total. The first-order chi connectivity index (χ1) is 22.7. The second-order valence-electron chi connectivity index (χ2n) is 10.7. The number of hydrogen-bond donors (Lipinski definition) is 0. The molecule has 0 spiro atoms. The Labute approximate surface area is 268 Å². The second-order valence-corrected chi connectivity index (χ2v) is 10.7. The molecule has 1 aromatic heterocycles. The van der Waals surface area contributed by atoms with E-state index < -0.39 is 63.9 Å². The average molecular weight is 677 g/mol. The molecule has 0 saturated heterocycles. The molecule has 4 nitrogen and oxygen atoms in total. The van der Waals surface area contributed by atoms with Gasteiger partial charge in [0.2, 0.25) is 5.75 Å². The number of rotatable bonds is 11. The molecule has 0 fully saturated rings. The number of aryl methyl sites for hydroxylation is 1. The zero-order valence-electron chi connectivity index (χ0n) is 25.0. The maximum absolute atomic E-state index is 15.0. The van der Waals surface area contributed by atoms with Crippen LogP contribution in [-0.4, -0.2) is 16.3 Å². The van der Waals surface area contributed by atoms with Crippen LogP contribution < -0.4 is 9.47 Å². The lowest BCUT2D eigenvalue weighted by Crippen LogP contribution is -2.21. The molecule has 0 radical (unpaired) electrons. The van der Waals surface area contributed by atoms with Crippen LogP contribution in [0.4, 0.5) is 39.5 Å². The second kappa shape index (κ2) is 14.0. The van der Waals surface area contributed by atoms with Gasteiger partial charge in [-0.1, -0.05) is 44.0 Å². The zero-order valence-corrected chi connectivity index (χ0v) is 25.0. The molecule has 0 saturated carbocycles. The zero-order chi connectivity index (χ0) is 34.6. The van der Waals surface area contributed by atoms with Crippen LogP contribution in [0.1, 0.15) is 37.3 Å². The Hall–Kier alpha value is -5.07. The molecule has 250 valence electrons. The maximum Gasteiger partial charge on any atom is 0.573 e. The fraction of sp³-hybridized carbons (Fsp3) is 0.200. The smallest absolute Gasteiger partial charge is 0.429 e. The molecular weight excluding hydrogens is 651 g/mol. The molecular formula is C35H25F9N2O2. The van der Waals surface area contributed by atoms with Gasteiger partial charge in [0.25, 0.3) is 0 Å². The van der Waals surface area contributed by atoms with Crippen molar-refractivity contribution in [1.29, 1.82) is 0 Å². The van der Waals surface area contributed by atoms with Crippen LogP contribution >= 0.6 is 0 Å². The van der Waals surface area contributed by atoms with Gasteiger partial charge >= 0.3 is 12.5 Å². The largest absolute Gasteiger partial charge is 0.573 e. The average Bonchev–Trinajstić information content (AvgIpc) is 3.03. The molecule has 5 aromatic rings. The highest BCUT2D eigenvalue weighted by Gasteiger charge is 2.35. The lowest BCUT2D eigenvalue weighted by Gasteiger charge is -2.19. The van der Waals surface area contributed by atoms with Gasteiger partial charge in [-0.2, -0.15) is 8.78 Å². The van der Waals surface area contributed by atoms with Crippen molar-refractivity contribution in [3.63, 3.8) is 0 Å². The van der Waals surface area contributed by atoms with Crippen LogP contribution in [0, 0.1) is 23.3 Å². The Morgan fingerprint density at radius 3 is 1.75 bits per heavy atom. The fourth-order valence-corrected chi connectivity index (χ4v) is 4.87. The lowest BCUT2D eigenvalue weighted by molar-refractivity contribution is -0.276. The Morgan fingerprint density at radius 2 is 1.17 bits per heavy atom. The molecule has 0 atom stereocenters. The molecule has 13 heteroatoms. The third-order valence-corrected chi connectivity index (χ3v) is 7.25. The van der Waals surface area contributed by atoms with Crippen molar-refractivity contribution in [3.8, 4) is 45.1 Å². The van der Waals surface area contributed by atoms with Crippen molar-refractivity contribution in [2.45, 2.75) is 45.1 Å². The Kier molecular flexibility index (Phi) is 9.97. The Morgan fingerprint density at radius 1 is 0.604 bits per heavy atom.